The second-order valence-electron chi connectivity index (χ2n) is 3.54. The fourth-order valence-corrected chi connectivity index (χ4v) is 1.70. The van der Waals surface area contributed by atoms with Crippen molar-refractivity contribution in [3.63, 3.8) is 0 Å². The molecule has 1 atom stereocenters. The number of aromatic nitrogens is 2. The van der Waals surface area contributed by atoms with Crippen LogP contribution in [0.2, 0.25) is 0 Å². The highest BCUT2D eigenvalue weighted by atomic mass is 16.5. The molecule has 1 amide bonds. The number of anilines is 1. The highest BCUT2D eigenvalue weighted by Gasteiger charge is 2.26. The minimum atomic E-state index is -0.575. The van der Waals surface area contributed by atoms with Crippen LogP contribution in [-0.2, 0) is 9.53 Å². The highest BCUT2D eigenvalue weighted by molar-refractivity contribution is 5.92. The van der Waals surface area contributed by atoms with Gasteiger partial charge in [0, 0.05) is 13.0 Å². The summed E-state index contributed by atoms with van der Waals surface area (Å²) in [5.41, 5.74) is 5.85. The van der Waals surface area contributed by atoms with Crippen molar-refractivity contribution < 1.29 is 14.3 Å². The number of methoxy groups -OCH3 is 1. The number of carbonyl (C=O) groups excluding carboxylic acids is 2. The van der Waals surface area contributed by atoms with Crippen LogP contribution < -0.4 is 11.1 Å². The smallest absolute Gasteiger partial charge is 0.360 e. The molecular formula is C9H12N4O3. The standard InChI is InChI=1S/C9H12N4O3/c1-16-9(15)7-8(10)13(4-12-7)5-2-6(14)11-3-5/h4-5H,2-3,10H2,1H3,(H,11,14). The molecule has 7 heteroatoms. The Bertz CT molecular complexity index is 440. The maximum Gasteiger partial charge on any atom is 0.360 e. The molecule has 16 heavy (non-hydrogen) atoms. The van der Waals surface area contributed by atoms with Crippen LogP contribution in [0.25, 0.3) is 0 Å². The molecule has 1 unspecified atom stereocenters. The SMILES string of the molecule is COC(=O)c1ncn(C2CNC(=O)C2)c1N. The number of ether oxygens (including phenoxy) is 1. The molecule has 0 saturated carbocycles. The summed E-state index contributed by atoms with van der Waals surface area (Å²) in [5, 5.41) is 2.69. The minimum Gasteiger partial charge on any atom is -0.464 e. The number of imidazole rings is 1. The molecule has 0 bridgehead atoms. The summed E-state index contributed by atoms with van der Waals surface area (Å²) in [6.45, 7) is 0.500. The lowest BCUT2D eigenvalue weighted by molar-refractivity contribution is -0.119. The molecular weight excluding hydrogens is 212 g/mol. The molecule has 2 heterocycles. The molecule has 7 nitrogen and oxygen atoms in total. The van der Waals surface area contributed by atoms with Crippen LogP contribution >= 0.6 is 0 Å². The Hall–Kier alpha value is -2.05. The van der Waals surface area contributed by atoms with Crippen LogP contribution in [0.3, 0.4) is 0 Å². The van der Waals surface area contributed by atoms with E-state index in [1.807, 2.05) is 0 Å². The van der Waals surface area contributed by atoms with Gasteiger partial charge in [0.1, 0.15) is 5.82 Å². The topological polar surface area (TPSA) is 99.2 Å². The third kappa shape index (κ3) is 1.60. The van der Waals surface area contributed by atoms with Crippen LogP contribution in [0.15, 0.2) is 6.33 Å². The Labute approximate surface area is 91.6 Å². The van der Waals surface area contributed by atoms with Gasteiger partial charge < -0.3 is 20.4 Å². The summed E-state index contributed by atoms with van der Waals surface area (Å²) in [6, 6.07) is -0.0848. The summed E-state index contributed by atoms with van der Waals surface area (Å²) < 4.78 is 6.15. The van der Waals surface area contributed by atoms with E-state index in [4.69, 9.17) is 5.73 Å². The Kier molecular flexibility index (Phi) is 2.51. The molecule has 1 aliphatic rings. The van der Waals surface area contributed by atoms with Crippen LogP contribution in [0.1, 0.15) is 23.0 Å². The number of amides is 1. The van der Waals surface area contributed by atoms with E-state index in [-0.39, 0.29) is 23.5 Å². The molecule has 2 rings (SSSR count). The lowest BCUT2D eigenvalue weighted by atomic mass is 10.2. The van der Waals surface area contributed by atoms with Gasteiger partial charge in [0.2, 0.25) is 5.91 Å². The number of nitrogens with one attached hydrogen (secondary N) is 1. The first-order valence-corrected chi connectivity index (χ1v) is 4.80. The number of nitrogen functional groups attached to an aromatic ring is 1. The highest BCUT2D eigenvalue weighted by Crippen LogP contribution is 2.22. The normalized spacial score (nSPS) is 19.6. The van der Waals surface area contributed by atoms with Gasteiger partial charge in [0.15, 0.2) is 5.69 Å². The third-order valence-electron chi connectivity index (χ3n) is 2.56. The number of hydrogen-bond donors (Lipinski definition) is 2. The first-order valence-electron chi connectivity index (χ1n) is 4.80. The van der Waals surface area contributed by atoms with Gasteiger partial charge in [-0.1, -0.05) is 0 Å². The zero-order valence-corrected chi connectivity index (χ0v) is 8.77. The predicted octanol–water partition coefficient (Wildman–Crippen LogP) is -0.687. The van der Waals surface area contributed by atoms with Crippen molar-refractivity contribution in [3.05, 3.63) is 12.0 Å². The van der Waals surface area contributed by atoms with Crippen molar-refractivity contribution in [2.24, 2.45) is 0 Å². The zero-order chi connectivity index (χ0) is 11.7. The van der Waals surface area contributed by atoms with Crippen molar-refractivity contribution in [3.8, 4) is 0 Å². The lowest BCUT2D eigenvalue weighted by Gasteiger charge is -2.10. The molecule has 1 aromatic heterocycles. The number of hydrogen-bond acceptors (Lipinski definition) is 5. The van der Waals surface area contributed by atoms with Gasteiger partial charge in [-0.15, -0.1) is 0 Å². The maximum atomic E-state index is 11.3. The number of esters is 1. The minimum absolute atomic E-state index is 0.0299. The van der Waals surface area contributed by atoms with Crippen LogP contribution in [0.5, 0.6) is 0 Å². The second kappa shape index (κ2) is 3.84. The van der Waals surface area contributed by atoms with E-state index >= 15 is 0 Å². The lowest BCUT2D eigenvalue weighted by Crippen LogP contribution is -2.16. The first kappa shape index (κ1) is 10.5. The van der Waals surface area contributed by atoms with E-state index in [1.165, 1.54) is 13.4 Å². The van der Waals surface area contributed by atoms with E-state index < -0.39 is 5.97 Å². The fraction of sp³-hybridized carbons (Fsp3) is 0.444. The molecule has 0 radical (unpaired) electrons. The van der Waals surface area contributed by atoms with E-state index in [1.54, 1.807) is 4.57 Å². The molecule has 1 aliphatic heterocycles. The fourth-order valence-electron chi connectivity index (χ4n) is 1.70. The summed E-state index contributed by atoms with van der Waals surface area (Å²) in [7, 11) is 1.27. The van der Waals surface area contributed by atoms with Crippen molar-refractivity contribution in [2.45, 2.75) is 12.5 Å². The average Bonchev–Trinajstić information content (AvgIpc) is 2.83. The zero-order valence-electron chi connectivity index (χ0n) is 8.77. The van der Waals surface area contributed by atoms with Crippen molar-refractivity contribution in [1.82, 2.24) is 14.9 Å². The van der Waals surface area contributed by atoms with E-state index in [0.29, 0.717) is 13.0 Å². The molecule has 1 saturated heterocycles. The molecule has 0 spiro atoms. The Morgan fingerprint density at radius 3 is 3.06 bits per heavy atom. The van der Waals surface area contributed by atoms with Gasteiger partial charge in [0.05, 0.1) is 19.5 Å². The predicted molar refractivity (Wildman–Crippen MR) is 54.6 cm³/mol. The van der Waals surface area contributed by atoms with Gasteiger partial charge in [0.25, 0.3) is 0 Å². The largest absolute Gasteiger partial charge is 0.464 e. The van der Waals surface area contributed by atoms with Crippen molar-refractivity contribution in [1.29, 1.82) is 0 Å². The van der Waals surface area contributed by atoms with Gasteiger partial charge >= 0.3 is 5.97 Å². The maximum absolute atomic E-state index is 11.3. The van der Waals surface area contributed by atoms with Gasteiger partial charge in [-0.25, -0.2) is 9.78 Å². The quantitative estimate of drug-likeness (QED) is 0.648. The Morgan fingerprint density at radius 1 is 1.75 bits per heavy atom. The van der Waals surface area contributed by atoms with Crippen molar-refractivity contribution >= 4 is 17.7 Å². The summed E-state index contributed by atoms with van der Waals surface area (Å²) in [5.74, 6) is -0.375. The Morgan fingerprint density at radius 2 is 2.50 bits per heavy atom. The van der Waals surface area contributed by atoms with Crippen LogP contribution in [-0.4, -0.2) is 35.1 Å². The second-order valence-corrected chi connectivity index (χ2v) is 3.54. The summed E-state index contributed by atoms with van der Waals surface area (Å²) >= 11 is 0. The number of nitrogens with two attached hydrogens (primary N) is 1. The number of rotatable bonds is 2. The molecule has 86 valence electrons. The van der Waals surface area contributed by atoms with Gasteiger partial charge in [-0.2, -0.15) is 0 Å². The third-order valence-corrected chi connectivity index (χ3v) is 2.56. The molecule has 0 aromatic carbocycles. The average molecular weight is 224 g/mol. The summed E-state index contributed by atoms with van der Waals surface area (Å²) in [6.07, 6.45) is 1.80. The molecule has 0 aliphatic carbocycles. The van der Waals surface area contributed by atoms with Gasteiger partial charge in [-0.05, 0) is 0 Å². The molecule has 1 aromatic rings. The Balaban J connectivity index is 2.26. The van der Waals surface area contributed by atoms with Crippen LogP contribution in [0, 0.1) is 0 Å². The monoisotopic (exact) mass is 224 g/mol. The number of nitrogens with zero attached hydrogens (tertiary/aromatic N) is 2. The summed E-state index contributed by atoms with van der Waals surface area (Å²) in [4.78, 5) is 26.2. The van der Waals surface area contributed by atoms with Crippen molar-refractivity contribution in [2.75, 3.05) is 19.4 Å². The number of carbonyl (C=O) groups is 2. The van der Waals surface area contributed by atoms with Crippen LogP contribution in [0.4, 0.5) is 5.82 Å². The van der Waals surface area contributed by atoms with E-state index in [2.05, 4.69) is 15.0 Å². The molecule has 3 N–H and O–H groups in total. The van der Waals surface area contributed by atoms with E-state index in [0.717, 1.165) is 0 Å². The first-order chi connectivity index (χ1) is 7.63. The molecule has 1 fully saturated rings. The van der Waals surface area contributed by atoms with E-state index in [9.17, 15) is 9.59 Å². The van der Waals surface area contributed by atoms with Gasteiger partial charge in [-0.3, -0.25) is 4.79 Å².